The van der Waals surface area contributed by atoms with Gasteiger partial charge in [0.05, 0.1) is 16.3 Å². The smallest absolute Gasteiger partial charge is 0.315 e. The zero-order chi connectivity index (χ0) is 13.8. The van der Waals surface area contributed by atoms with E-state index in [0.29, 0.717) is 15.7 Å². The number of nitriles is 1. The average Bonchev–Trinajstić information content (AvgIpc) is 2.77. The third-order valence-corrected chi connectivity index (χ3v) is 3.27. The van der Waals surface area contributed by atoms with Crippen molar-refractivity contribution in [3.8, 4) is 6.07 Å². The van der Waals surface area contributed by atoms with Gasteiger partial charge in [0, 0.05) is 5.02 Å². The lowest BCUT2D eigenvalue weighted by molar-refractivity contribution is -0.136. The Morgan fingerprint density at radius 2 is 2.21 bits per heavy atom. The number of hydrogen-bond donors (Lipinski definition) is 2. The molecule has 0 aliphatic heterocycles. The molecule has 8 heteroatoms. The summed E-state index contributed by atoms with van der Waals surface area (Å²) < 4.78 is 0.806. The van der Waals surface area contributed by atoms with Gasteiger partial charge in [-0.2, -0.15) is 5.26 Å². The molecule has 1 aromatic carbocycles. The number of rotatable bonds is 2. The lowest BCUT2D eigenvalue weighted by Gasteiger charge is -1.99. The van der Waals surface area contributed by atoms with Crippen LogP contribution >= 0.6 is 22.9 Å². The molecule has 0 atom stereocenters. The topological polar surface area (TPSA) is 94.9 Å². The molecule has 0 aliphatic carbocycles. The van der Waals surface area contributed by atoms with Crippen molar-refractivity contribution >= 4 is 50.1 Å². The van der Waals surface area contributed by atoms with Crippen molar-refractivity contribution in [2.75, 3.05) is 11.9 Å². The fraction of sp³-hybridized carbons (Fsp3) is 0.0909. The van der Waals surface area contributed by atoms with Crippen LogP contribution in [0.5, 0.6) is 0 Å². The Labute approximate surface area is 117 Å². The van der Waals surface area contributed by atoms with Crippen molar-refractivity contribution in [3.63, 3.8) is 0 Å². The number of carbonyl (C=O) groups is 2. The van der Waals surface area contributed by atoms with Gasteiger partial charge in [0.2, 0.25) is 0 Å². The van der Waals surface area contributed by atoms with E-state index >= 15 is 0 Å². The van der Waals surface area contributed by atoms with E-state index in [1.807, 2.05) is 0 Å². The number of nitrogens with one attached hydrogen (secondary N) is 2. The zero-order valence-corrected chi connectivity index (χ0v) is 11.0. The molecule has 2 amide bonds. The fourth-order valence-electron chi connectivity index (χ4n) is 1.31. The van der Waals surface area contributed by atoms with E-state index in [4.69, 9.17) is 16.9 Å². The van der Waals surface area contributed by atoms with Crippen molar-refractivity contribution in [2.24, 2.45) is 0 Å². The minimum absolute atomic E-state index is 0.221. The maximum Gasteiger partial charge on any atom is 0.315 e. The lowest BCUT2D eigenvalue weighted by atomic mass is 10.3. The van der Waals surface area contributed by atoms with Gasteiger partial charge in [0.25, 0.3) is 0 Å². The minimum atomic E-state index is -0.876. The molecule has 6 nitrogen and oxygen atoms in total. The highest BCUT2D eigenvalue weighted by atomic mass is 35.5. The minimum Gasteiger partial charge on any atom is -0.335 e. The molecule has 2 N–H and O–H groups in total. The summed E-state index contributed by atoms with van der Waals surface area (Å²) in [4.78, 5) is 26.9. The molecule has 2 rings (SSSR count). The number of aromatic nitrogens is 1. The van der Waals surface area contributed by atoms with E-state index in [0.717, 1.165) is 4.70 Å². The summed E-state index contributed by atoms with van der Waals surface area (Å²) in [6.07, 6.45) is 0. The Morgan fingerprint density at radius 3 is 2.95 bits per heavy atom. The van der Waals surface area contributed by atoms with Crippen LogP contribution in [0.4, 0.5) is 5.13 Å². The first-order chi connectivity index (χ1) is 9.10. The third kappa shape index (κ3) is 3.19. The zero-order valence-electron chi connectivity index (χ0n) is 9.44. The highest BCUT2D eigenvalue weighted by molar-refractivity contribution is 7.22. The third-order valence-electron chi connectivity index (χ3n) is 2.11. The number of nitrogens with zero attached hydrogens (tertiary/aromatic N) is 2. The number of halogens is 1. The van der Waals surface area contributed by atoms with Crippen LogP contribution in [0.2, 0.25) is 5.02 Å². The molecule has 1 heterocycles. The number of carbonyl (C=O) groups excluding carboxylic acids is 2. The van der Waals surface area contributed by atoms with Crippen molar-refractivity contribution in [2.45, 2.75) is 0 Å². The number of anilines is 1. The molecule has 0 fully saturated rings. The van der Waals surface area contributed by atoms with Crippen LogP contribution in [-0.4, -0.2) is 23.3 Å². The maximum absolute atomic E-state index is 11.5. The highest BCUT2D eigenvalue weighted by Crippen LogP contribution is 2.28. The van der Waals surface area contributed by atoms with E-state index in [2.05, 4.69) is 15.6 Å². The van der Waals surface area contributed by atoms with Crippen molar-refractivity contribution in [1.29, 1.82) is 5.26 Å². The summed E-state index contributed by atoms with van der Waals surface area (Å²) in [6, 6.07) is 6.84. The molecule has 2 aromatic rings. The summed E-state index contributed by atoms with van der Waals surface area (Å²) in [6.45, 7) is -0.221. The van der Waals surface area contributed by atoms with Crippen LogP contribution in [0.25, 0.3) is 10.2 Å². The van der Waals surface area contributed by atoms with Gasteiger partial charge in [-0.3, -0.25) is 14.9 Å². The Hall–Kier alpha value is -2.17. The summed E-state index contributed by atoms with van der Waals surface area (Å²) in [5.41, 5.74) is 0.683. The summed E-state index contributed by atoms with van der Waals surface area (Å²) >= 11 is 7.05. The largest absolute Gasteiger partial charge is 0.335 e. The SMILES string of the molecule is N#CCNC(=O)C(=O)Nc1nc2ccc(Cl)cc2s1. The van der Waals surface area contributed by atoms with E-state index < -0.39 is 11.8 Å². The van der Waals surface area contributed by atoms with Crippen LogP contribution in [0.15, 0.2) is 18.2 Å². The maximum atomic E-state index is 11.5. The summed E-state index contributed by atoms with van der Waals surface area (Å²) in [5.74, 6) is -1.74. The van der Waals surface area contributed by atoms with E-state index in [1.165, 1.54) is 11.3 Å². The van der Waals surface area contributed by atoms with Crippen LogP contribution in [-0.2, 0) is 9.59 Å². The number of benzene rings is 1. The van der Waals surface area contributed by atoms with E-state index in [-0.39, 0.29) is 6.54 Å². The molecule has 19 heavy (non-hydrogen) atoms. The second-order valence-corrected chi connectivity index (χ2v) is 4.89. The number of amides is 2. The normalized spacial score (nSPS) is 9.89. The number of hydrogen-bond acceptors (Lipinski definition) is 5. The van der Waals surface area contributed by atoms with Gasteiger partial charge < -0.3 is 5.32 Å². The monoisotopic (exact) mass is 294 g/mol. The summed E-state index contributed by atoms with van der Waals surface area (Å²) in [7, 11) is 0. The Morgan fingerprint density at radius 1 is 1.42 bits per heavy atom. The van der Waals surface area contributed by atoms with Crippen molar-refractivity contribution in [1.82, 2.24) is 10.3 Å². The van der Waals surface area contributed by atoms with Crippen LogP contribution in [0.1, 0.15) is 0 Å². The molecule has 1 aromatic heterocycles. The molecule has 0 unspecified atom stereocenters. The van der Waals surface area contributed by atoms with Crippen molar-refractivity contribution < 1.29 is 9.59 Å². The van der Waals surface area contributed by atoms with Gasteiger partial charge in [0.15, 0.2) is 5.13 Å². The predicted octanol–water partition coefficient (Wildman–Crippen LogP) is 1.53. The first-order valence-corrected chi connectivity index (χ1v) is 6.32. The van der Waals surface area contributed by atoms with Crippen molar-refractivity contribution in [3.05, 3.63) is 23.2 Å². The molecule has 0 spiro atoms. The standard InChI is InChI=1S/C11H7ClN4O2S/c12-6-1-2-7-8(5-6)19-11(15-7)16-10(18)9(17)14-4-3-13/h1-2,5H,4H2,(H,14,17)(H,15,16,18). The molecular weight excluding hydrogens is 288 g/mol. The van der Waals surface area contributed by atoms with Gasteiger partial charge in [-0.15, -0.1) is 0 Å². The molecule has 0 saturated carbocycles. The second kappa shape index (κ2) is 5.65. The molecule has 0 saturated heterocycles. The van der Waals surface area contributed by atoms with Crippen LogP contribution in [0.3, 0.4) is 0 Å². The van der Waals surface area contributed by atoms with Gasteiger partial charge in [-0.1, -0.05) is 22.9 Å². The Kier molecular flexibility index (Phi) is 3.94. The molecule has 0 radical (unpaired) electrons. The van der Waals surface area contributed by atoms with E-state index in [9.17, 15) is 9.59 Å². The second-order valence-electron chi connectivity index (χ2n) is 3.43. The molecule has 0 bridgehead atoms. The molecule has 96 valence electrons. The first-order valence-electron chi connectivity index (χ1n) is 5.12. The predicted molar refractivity (Wildman–Crippen MR) is 71.9 cm³/mol. The average molecular weight is 295 g/mol. The number of fused-ring (bicyclic) bond motifs is 1. The van der Waals surface area contributed by atoms with Gasteiger partial charge in [-0.25, -0.2) is 4.98 Å². The van der Waals surface area contributed by atoms with Gasteiger partial charge in [-0.05, 0) is 18.2 Å². The van der Waals surface area contributed by atoms with Gasteiger partial charge >= 0.3 is 11.8 Å². The van der Waals surface area contributed by atoms with E-state index in [1.54, 1.807) is 24.3 Å². The molecule has 0 aliphatic rings. The Bertz CT molecular complexity index is 692. The first kappa shape index (κ1) is 13.3. The quantitative estimate of drug-likeness (QED) is 0.648. The molecular formula is C11H7ClN4O2S. The Balaban J connectivity index is 2.11. The highest BCUT2D eigenvalue weighted by Gasteiger charge is 2.15. The fourth-order valence-corrected chi connectivity index (χ4v) is 2.44. The van der Waals surface area contributed by atoms with Gasteiger partial charge in [0.1, 0.15) is 6.54 Å². The summed E-state index contributed by atoms with van der Waals surface area (Å²) in [5, 5.41) is 13.7. The van der Waals surface area contributed by atoms with Crippen LogP contribution < -0.4 is 10.6 Å². The van der Waals surface area contributed by atoms with Crippen LogP contribution in [0, 0.1) is 11.3 Å². The number of thiazole rings is 1. The lowest BCUT2D eigenvalue weighted by Crippen LogP contribution is -2.35.